The number of nitrogens with one attached hydrogen (secondary N) is 1. The van der Waals surface area contributed by atoms with Gasteiger partial charge in [0.25, 0.3) is 7.82 Å². The second-order valence-corrected chi connectivity index (χ2v) is 22.0. The highest BCUT2D eigenvalue weighted by atomic mass is 31.2. The molecule has 0 fully saturated rings. The summed E-state index contributed by atoms with van der Waals surface area (Å²) < 4.78 is 23.3. The van der Waals surface area contributed by atoms with Crippen molar-refractivity contribution >= 4 is 13.7 Å². The van der Waals surface area contributed by atoms with E-state index in [9.17, 15) is 19.4 Å². The molecular formula is C68H111N2O6P. The molecule has 77 heavy (non-hydrogen) atoms. The molecule has 9 heteroatoms. The highest BCUT2D eigenvalue weighted by Gasteiger charge is 2.23. The van der Waals surface area contributed by atoms with Crippen LogP contribution < -0.4 is 10.2 Å². The molecule has 0 spiro atoms. The summed E-state index contributed by atoms with van der Waals surface area (Å²) in [5.74, 6) is -0.257. The van der Waals surface area contributed by atoms with Gasteiger partial charge in [0, 0.05) is 6.42 Å². The van der Waals surface area contributed by atoms with E-state index in [1.807, 2.05) is 27.2 Å². The quantitative estimate of drug-likeness (QED) is 0.0272. The standard InChI is InChI=1S/C68H111N2O6P/c1-6-8-10-12-14-16-18-20-22-24-25-26-27-28-29-30-31-32-33-34-35-36-37-38-39-40-41-42-43-44-45-46-48-50-52-54-56-58-60-62-68(72)69-66(65-76-77(73,74)75-64-63-70(3,4)5)67(71)61-59-57-55-53-51-49-47-23-21-19-17-15-13-11-9-7-2/h8,10,14,16,20,22,25-26,28-29,31-32,34-35,37-38,40-41,43-44,46,48,51-54,59,61,66-67,71H,6-7,9,11-13,15,17-19,21,23-24,27,30,33,36,39,42,45,47,49-50,55-58,60,62-65H2,1-5H3,(H-,69,72,73,74)/b10-8-,16-14-,22-20-,26-25-,29-28-,32-31-,35-34-,38-37-,41-40-,44-43-,48-46-,53-51+,54-52-,61-59+. The molecule has 0 aromatic rings. The first kappa shape index (κ1) is 72.9. The normalized spacial score (nSPS) is 15.1. The molecule has 0 saturated heterocycles. The summed E-state index contributed by atoms with van der Waals surface area (Å²) in [4.78, 5) is 25.5. The highest BCUT2D eigenvalue weighted by Crippen LogP contribution is 2.38. The summed E-state index contributed by atoms with van der Waals surface area (Å²) in [5.41, 5.74) is 0. The van der Waals surface area contributed by atoms with Gasteiger partial charge in [0.05, 0.1) is 39.9 Å². The molecule has 0 radical (unpaired) electrons. The topological polar surface area (TPSA) is 108 Å². The number of phosphoric acid groups is 1. The molecule has 2 N–H and O–H groups in total. The Kier molecular flexibility index (Phi) is 53.5. The molecule has 8 nitrogen and oxygen atoms in total. The summed E-state index contributed by atoms with van der Waals surface area (Å²) in [6.45, 7) is 4.45. The summed E-state index contributed by atoms with van der Waals surface area (Å²) in [5, 5.41) is 13.8. The monoisotopic (exact) mass is 1080 g/mol. The van der Waals surface area contributed by atoms with Crippen LogP contribution in [0.5, 0.6) is 0 Å². The lowest BCUT2D eigenvalue weighted by molar-refractivity contribution is -0.870. The van der Waals surface area contributed by atoms with E-state index in [2.05, 4.69) is 177 Å². The van der Waals surface area contributed by atoms with Crippen LogP contribution in [-0.2, 0) is 18.4 Å². The molecule has 0 aromatic heterocycles. The number of phosphoric ester groups is 1. The van der Waals surface area contributed by atoms with E-state index >= 15 is 0 Å². The van der Waals surface area contributed by atoms with Gasteiger partial charge < -0.3 is 28.8 Å². The Bertz CT molecular complexity index is 1850. The first-order valence-corrected chi connectivity index (χ1v) is 31.5. The van der Waals surface area contributed by atoms with E-state index in [4.69, 9.17) is 9.05 Å². The number of aliphatic hydroxyl groups is 1. The summed E-state index contributed by atoms with van der Waals surface area (Å²) in [7, 11) is 1.19. The SMILES string of the molecule is CC/C=C\C/C=C\C/C=C\C/C=C\C/C=C\C/C=C\C/C=C\C/C=C\C/C=C\C/C=C\C/C=C\C/C=C\CCCCC(=O)NC(COP(=O)([O-])OCC[N+](C)(C)C)C(O)/C=C/CC/C=C/CCCCCCCCCCCC. The minimum absolute atomic E-state index is 0.0244. The van der Waals surface area contributed by atoms with Crippen LogP contribution in [0.25, 0.3) is 0 Å². The van der Waals surface area contributed by atoms with Crippen LogP contribution in [0, 0.1) is 0 Å². The predicted molar refractivity (Wildman–Crippen MR) is 334 cm³/mol. The van der Waals surface area contributed by atoms with Crippen molar-refractivity contribution in [2.75, 3.05) is 40.9 Å². The molecule has 0 heterocycles. The zero-order valence-corrected chi connectivity index (χ0v) is 50.2. The van der Waals surface area contributed by atoms with E-state index in [1.165, 1.54) is 64.2 Å². The Hall–Kier alpha value is -4.14. The fourth-order valence-corrected chi connectivity index (χ4v) is 8.22. The molecule has 3 atom stereocenters. The van der Waals surface area contributed by atoms with Crippen LogP contribution in [0.4, 0.5) is 0 Å². The molecule has 0 rings (SSSR count). The van der Waals surface area contributed by atoms with Crippen LogP contribution in [0.15, 0.2) is 170 Å². The molecule has 0 aliphatic carbocycles. The lowest BCUT2D eigenvalue weighted by atomic mass is 10.1. The van der Waals surface area contributed by atoms with Gasteiger partial charge >= 0.3 is 0 Å². The number of carbonyl (C=O) groups excluding carboxylic acids is 1. The fraction of sp³-hybridized carbons (Fsp3) is 0.574. The Morgan fingerprint density at radius 1 is 0.468 bits per heavy atom. The van der Waals surface area contributed by atoms with Gasteiger partial charge in [-0.15, -0.1) is 0 Å². The third-order valence-corrected chi connectivity index (χ3v) is 13.1. The maximum absolute atomic E-state index is 12.9. The maximum atomic E-state index is 12.9. The molecule has 3 unspecified atom stereocenters. The van der Waals surface area contributed by atoms with E-state index in [1.54, 1.807) is 6.08 Å². The first-order valence-electron chi connectivity index (χ1n) is 30.0. The van der Waals surface area contributed by atoms with E-state index in [0.29, 0.717) is 17.4 Å². The fourth-order valence-electron chi connectivity index (χ4n) is 7.50. The average molecular weight is 1080 g/mol. The maximum Gasteiger partial charge on any atom is 0.268 e. The third-order valence-electron chi connectivity index (χ3n) is 12.2. The van der Waals surface area contributed by atoms with Gasteiger partial charge in [0.15, 0.2) is 0 Å². The number of quaternary nitrogens is 1. The lowest BCUT2D eigenvalue weighted by Gasteiger charge is -2.29. The molecular weight excluding hydrogens is 972 g/mol. The highest BCUT2D eigenvalue weighted by molar-refractivity contribution is 7.45. The number of allylic oxidation sites excluding steroid dienone is 27. The summed E-state index contributed by atoms with van der Waals surface area (Å²) in [6, 6.07) is -0.940. The Balaban J connectivity index is 4.31. The number of carbonyl (C=O) groups is 1. The minimum atomic E-state index is -4.63. The van der Waals surface area contributed by atoms with Gasteiger partial charge in [-0.1, -0.05) is 242 Å². The molecule has 434 valence electrons. The number of amides is 1. The zero-order valence-electron chi connectivity index (χ0n) is 49.3. The van der Waals surface area contributed by atoms with Crippen molar-refractivity contribution in [3.8, 4) is 0 Å². The number of likely N-dealkylation sites (N-methyl/N-ethyl adjacent to an activating group) is 1. The van der Waals surface area contributed by atoms with Crippen molar-refractivity contribution < 1.29 is 32.9 Å². The van der Waals surface area contributed by atoms with Crippen LogP contribution >= 0.6 is 7.82 Å². The van der Waals surface area contributed by atoms with Crippen LogP contribution in [0.3, 0.4) is 0 Å². The van der Waals surface area contributed by atoms with Crippen molar-refractivity contribution in [1.82, 2.24) is 5.32 Å². The largest absolute Gasteiger partial charge is 0.756 e. The van der Waals surface area contributed by atoms with E-state index < -0.39 is 26.6 Å². The molecule has 0 aliphatic heterocycles. The van der Waals surface area contributed by atoms with Gasteiger partial charge in [-0.05, 0) is 122 Å². The summed E-state index contributed by atoms with van der Waals surface area (Å²) in [6.07, 6.45) is 90.2. The van der Waals surface area contributed by atoms with Crippen molar-refractivity contribution in [2.45, 2.75) is 212 Å². The minimum Gasteiger partial charge on any atom is -0.756 e. The molecule has 1 amide bonds. The van der Waals surface area contributed by atoms with Gasteiger partial charge in [0.1, 0.15) is 13.2 Å². The number of hydrogen-bond acceptors (Lipinski definition) is 6. The van der Waals surface area contributed by atoms with Gasteiger partial charge in [-0.25, -0.2) is 0 Å². The molecule has 0 aliphatic rings. The lowest BCUT2D eigenvalue weighted by Crippen LogP contribution is -2.45. The van der Waals surface area contributed by atoms with Crippen LogP contribution in [-0.4, -0.2) is 68.5 Å². The van der Waals surface area contributed by atoms with Crippen LogP contribution in [0.1, 0.15) is 200 Å². The van der Waals surface area contributed by atoms with Gasteiger partial charge in [-0.3, -0.25) is 9.36 Å². The number of nitrogens with zero attached hydrogens (tertiary/aromatic N) is 1. The number of rotatable bonds is 52. The Morgan fingerprint density at radius 2 is 0.805 bits per heavy atom. The second-order valence-electron chi connectivity index (χ2n) is 20.6. The Labute approximate surface area is 473 Å². The van der Waals surface area contributed by atoms with Crippen molar-refractivity contribution in [2.24, 2.45) is 0 Å². The molecule has 0 aromatic carbocycles. The van der Waals surface area contributed by atoms with Gasteiger partial charge in [0.2, 0.25) is 5.91 Å². The smallest absolute Gasteiger partial charge is 0.268 e. The summed E-state index contributed by atoms with van der Waals surface area (Å²) >= 11 is 0. The predicted octanol–water partition coefficient (Wildman–Crippen LogP) is 18.2. The third kappa shape index (κ3) is 59.4. The van der Waals surface area contributed by atoms with Crippen LogP contribution in [0.2, 0.25) is 0 Å². The molecule has 0 saturated carbocycles. The van der Waals surface area contributed by atoms with Crippen molar-refractivity contribution in [3.63, 3.8) is 0 Å². The number of unbranched alkanes of at least 4 members (excludes halogenated alkanes) is 13. The van der Waals surface area contributed by atoms with E-state index in [0.717, 1.165) is 109 Å². The second kappa shape index (κ2) is 56.6. The van der Waals surface area contributed by atoms with Crippen molar-refractivity contribution in [3.05, 3.63) is 170 Å². The first-order chi connectivity index (χ1) is 37.5. The van der Waals surface area contributed by atoms with Crippen molar-refractivity contribution in [1.29, 1.82) is 0 Å². The Morgan fingerprint density at radius 3 is 1.21 bits per heavy atom. The molecule has 0 bridgehead atoms. The zero-order chi connectivity index (χ0) is 56.3. The van der Waals surface area contributed by atoms with Gasteiger partial charge in [-0.2, -0.15) is 0 Å². The number of aliphatic hydroxyl groups excluding tert-OH is 1. The van der Waals surface area contributed by atoms with E-state index in [-0.39, 0.29) is 18.9 Å². The average Bonchev–Trinajstić information content (AvgIpc) is 3.39. The number of hydrogen-bond donors (Lipinski definition) is 2.